The molecule has 12 heteroatoms. The summed E-state index contributed by atoms with van der Waals surface area (Å²) in [7, 11) is 5.12. The number of halogens is 2. The molecule has 42 heavy (non-hydrogen) atoms. The summed E-state index contributed by atoms with van der Waals surface area (Å²) < 4.78 is 12.7. The molecule has 0 radical (unpaired) electrons. The smallest absolute Gasteiger partial charge is 0.327 e. The first-order valence-electron chi connectivity index (χ1n) is 13.4. The van der Waals surface area contributed by atoms with Gasteiger partial charge in [0.05, 0.1) is 36.9 Å². The number of hydrogen-bond donors (Lipinski definition) is 1. The van der Waals surface area contributed by atoms with Crippen LogP contribution in [0.1, 0.15) is 18.8 Å². The lowest BCUT2D eigenvalue weighted by Gasteiger charge is -2.38. The van der Waals surface area contributed by atoms with Gasteiger partial charge in [-0.2, -0.15) is 0 Å². The lowest BCUT2D eigenvalue weighted by molar-refractivity contribution is 0.253. The molecule has 1 aliphatic heterocycles. The van der Waals surface area contributed by atoms with E-state index in [4.69, 9.17) is 37.7 Å². The van der Waals surface area contributed by atoms with Gasteiger partial charge in [0.15, 0.2) is 5.82 Å². The third-order valence-corrected chi connectivity index (χ3v) is 7.81. The van der Waals surface area contributed by atoms with Crippen LogP contribution < -0.4 is 30.3 Å². The van der Waals surface area contributed by atoms with Crippen molar-refractivity contribution < 1.29 is 14.3 Å². The Kier molecular flexibility index (Phi) is 8.77. The summed E-state index contributed by atoms with van der Waals surface area (Å²) in [4.78, 5) is 36.8. The van der Waals surface area contributed by atoms with Gasteiger partial charge < -0.3 is 24.7 Å². The SMILES string of the molecule is COc1ccc(N(C(=O)Nc2ccc(Cl)cc2)C(C)c2nc3cc(Cl)ccc3c(=O)n2N2CCN(C)CC2)c(OC)c1. The molecule has 1 saturated heterocycles. The Morgan fingerprint density at radius 3 is 2.31 bits per heavy atom. The van der Waals surface area contributed by atoms with Crippen molar-refractivity contribution in [3.8, 4) is 11.5 Å². The van der Waals surface area contributed by atoms with Crippen LogP contribution in [-0.4, -0.2) is 68.0 Å². The molecule has 0 spiro atoms. The minimum Gasteiger partial charge on any atom is -0.497 e. The quantitative estimate of drug-likeness (QED) is 0.299. The van der Waals surface area contributed by atoms with Crippen molar-refractivity contribution in [3.63, 3.8) is 0 Å². The van der Waals surface area contributed by atoms with Crippen LogP contribution in [0.15, 0.2) is 65.5 Å². The van der Waals surface area contributed by atoms with Crippen molar-refractivity contribution in [1.82, 2.24) is 14.6 Å². The summed E-state index contributed by atoms with van der Waals surface area (Å²) in [5, 5.41) is 6.37. The third-order valence-electron chi connectivity index (χ3n) is 7.32. The molecular formula is C30H32Cl2N6O4. The first kappa shape index (κ1) is 29.5. The molecule has 1 N–H and O–H groups in total. The van der Waals surface area contributed by atoms with Crippen LogP contribution in [-0.2, 0) is 0 Å². The van der Waals surface area contributed by atoms with Gasteiger partial charge in [0.25, 0.3) is 5.56 Å². The fourth-order valence-electron chi connectivity index (χ4n) is 5.02. The van der Waals surface area contributed by atoms with E-state index in [0.29, 0.717) is 62.7 Å². The van der Waals surface area contributed by atoms with Gasteiger partial charge in [0, 0.05) is 48.0 Å². The first-order valence-corrected chi connectivity index (χ1v) is 14.2. The zero-order valence-corrected chi connectivity index (χ0v) is 25.3. The van der Waals surface area contributed by atoms with Crippen molar-refractivity contribution in [2.75, 3.05) is 62.7 Å². The van der Waals surface area contributed by atoms with Gasteiger partial charge in [0.1, 0.15) is 11.5 Å². The molecule has 1 aromatic heterocycles. The number of aromatic nitrogens is 2. The standard InChI is InChI=1S/C30H32Cl2N6O4/c1-19(28-34-25-17-21(32)7-11-24(25)29(39)38(28)36-15-13-35(2)14-16-36)37(26-12-10-23(41-3)18-27(26)42-4)30(40)33-22-8-5-20(31)6-9-22/h5-12,17-19H,13-16H2,1-4H3,(H,33,40). The van der Waals surface area contributed by atoms with Gasteiger partial charge >= 0.3 is 6.03 Å². The highest BCUT2D eigenvalue weighted by atomic mass is 35.5. The van der Waals surface area contributed by atoms with Gasteiger partial charge in [-0.05, 0) is 68.6 Å². The van der Waals surface area contributed by atoms with E-state index in [9.17, 15) is 9.59 Å². The van der Waals surface area contributed by atoms with E-state index < -0.39 is 12.1 Å². The first-order chi connectivity index (χ1) is 20.2. The number of nitrogens with zero attached hydrogens (tertiary/aromatic N) is 5. The van der Waals surface area contributed by atoms with Gasteiger partial charge in [-0.25, -0.2) is 14.5 Å². The molecule has 2 amide bonds. The van der Waals surface area contributed by atoms with Crippen LogP contribution in [0.2, 0.25) is 10.0 Å². The number of likely N-dealkylation sites (N-methyl/N-ethyl adjacent to an activating group) is 1. The fraction of sp³-hybridized carbons (Fsp3) is 0.300. The van der Waals surface area contributed by atoms with E-state index in [1.165, 1.54) is 12.0 Å². The normalized spacial score (nSPS) is 14.5. The molecule has 10 nitrogen and oxygen atoms in total. The maximum Gasteiger partial charge on any atom is 0.327 e. The Bertz CT molecular complexity index is 1650. The maximum absolute atomic E-state index is 14.1. The Labute approximate surface area is 253 Å². The fourth-order valence-corrected chi connectivity index (χ4v) is 5.31. The monoisotopic (exact) mass is 610 g/mol. The number of ether oxygens (including phenoxy) is 2. The number of methoxy groups -OCH3 is 2. The van der Waals surface area contributed by atoms with Crippen molar-refractivity contribution >= 4 is 51.5 Å². The number of piperazine rings is 1. The van der Waals surface area contributed by atoms with Gasteiger partial charge in [-0.1, -0.05) is 23.2 Å². The molecule has 0 saturated carbocycles. The lowest BCUT2D eigenvalue weighted by Crippen LogP contribution is -2.55. The van der Waals surface area contributed by atoms with E-state index in [1.807, 2.05) is 19.0 Å². The second-order valence-electron chi connectivity index (χ2n) is 10.0. The largest absolute Gasteiger partial charge is 0.497 e. The van der Waals surface area contributed by atoms with Gasteiger partial charge in [-0.3, -0.25) is 9.69 Å². The second-order valence-corrected chi connectivity index (χ2v) is 10.9. The molecule has 3 aromatic carbocycles. The summed E-state index contributed by atoms with van der Waals surface area (Å²) in [6.07, 6.45) is 0. The predicted octanol–water partition coefficient (Wildman–Crippen LogP) is 5.40. The molecule has 1 fully saturated rings. The number of urea groups is 1. The van der Waals surface area contributed by atoms with Crippen LogP contribution >= 0.6 is 23.2 Å². The Morgan fingerprint density at radius 2 is 1.64 bits per heavy atom. The number of carbonyl (C=O) groups is 1. The summed E-state index contributed by atoms with van der Waals surface area (Å²) in [6.45, 7) is 4.59. The lowest BCUT2D eigenvalue weighted by atomic mass is 10.1. The van der Waals surface area contributed by atoms with Gasteiger partial charge in [0.2, 0.25) is 0 Å². The summed E-state index contributed by atoms with van der Waals surface area (Å²) in [5.41, 5.74) is 1.22. The van der Waals surface area contributed by atoms with Crippen LogP contribution in [0.4, 0.5) is 16.2 Å². The number of benzene rings is 3. The van der Waals surface area contributed by atoms with Crippen molar-refractivity contribution in [1.29, 1.82) is 0 Å². The van der Waals surface area contributed by atoms with E-state index >= 15 is 0 Å². The Morgan fingerprint density at radius 1 is 0.952 bits per heavy atom. The zero-order chi connectivity index (χ0) is 30.0. The number of nitrogens with one attached hydrogen (secondary N) is 1. The van der Waals surface area contributed by atoms with E-state index in [0.717, 1.165) is 13.1 Å². The molecule has 1 atom stereocenters. The van der Waals surface area contributed by atoms with Gasteiger partial charge in [-0.15, -0.1) is 0 Å². The second kappa shape index (κ2) is 12.5. The number of fused-ring (bicyclic) bond motifs is 1. The van der Waals surface area contributed by atoms with Crippen molar-refractivity contribution in [3.05, 3.63) is 86.9 Å². The summed E-state index contributed by atoms with van der Waals surface area (Å²) >= 11 is 12.4. The molecule has 0 bridgehead atoms. The molecule has 0 aliphatic carbocycles. The highest BCUT2D eigenvalue weighted by molar-refractivity contribution is 6.31. The molecule has 1 unspecified atom stereocenters. The number of rotatable bonds is 7. The van der Waals surface area contributed by atoms with E-state index in [2.05, 4.69) is 10.2 Å². The molecule has 1 aliphatic rings. The summed E-state index contributed by atoms with van der Waals surface area (Å²) in [6, 6.07) is 15.8. The highest BCUT2D eigenvalue weighted by Crippen LogP contribution is 2.37. The van der Waals surface area contributed by atoms with Crippen LogP contribution in [0.5, 0.6) is 11.5 Å². The van der Waals surface area contributed by atoms with Crippen LogP contribution in [0.3, 0.4) is 0 Å². The molecule has 5 rings (SSSR count). The maximum atomic E-state index is 14.1. The van der Waals surface area contributed by atoms with Crippen molar-refractivity contribution in [2.45, 2.75) is 13.0 Å². The molecule has 220 valence electrons. The predicted molar refractivity (Wildman–Crippen MR) is 167 cm³/mol. The number of anilines is 2. The molecule has 2 heterocycles. The number of amides is 2. The van der Waals surface area contributed by atoms with E-state index in [-0.39, 0.29) is 5.56 Å². The minimum absolute atomic E-state index is 0.233. The third kappa shape index (κ3) is 5.97. The average molecular weight is 612 g/mol. The van der Waals surface area contributed by atoms with Crippen LogP contribution in [0.25, 0.3) is 10.9 Å². The average Bonchev–Trinajstić information content (AvgIpc) is 2.99. The molecule has 4 aromatic rings. The summed E-state index contributed by atoms with van der Waals surface area (Å²) in [5.74, 6) is 1.35. The Balaban J connectivity index is 1.69. The highest BCUT2D eigenvalue weighted by Gasteiger charge is 2.32. The number of hydrogen-bond acceptors (Lipinski definition) is 7. The molecular weight excluding hydrogens is 579 g/mol. The zero-order valence-electron chi connectivity index (χ0n) is 23.8. The topological polar surface area (TPSA) is 92.2 Å². The Hall–Kier alpha value is -3.99. The van der Waals surface area contributed by atoms with E-state index in [1.54, 1.807) is 72.4 Å². The minimum atomic E-state index is -0.740. The number of carbonyl (C=O) groups excluding carboxylic acids is 1. The van der Waals surface area contributed by atoms with Crippen LogP contribution in [0, 0.1) is 0 Å². The van der Waals surface area contributed by atoms with Crippen molar-refractivity contribution in [2.24, 2.45) is 0 Å².